The van der Waals surface area contributed by atoms with Gasteiger partial charge in [0.05, 0.1) is 18.1 Å². The van der Waals surface area contributed by atoms with Crippen molar-refractivity contribution in [3.8, 4) is 0 Å². The molecule has 3 unspecified atom stereocenters. The number of hydrogen-bond acceptors (Lipinski definition) is 6. The molecule has 5 N–H and O–H groups in total. The van der Waals surface area contributed by atoms with E-state index >= 15 is 0 Å². The van der Waals surface area contributed by atoms with Gasteiger partial charge < -0.3 is 26.6 Å². The zero-order chi connectivity index (χ0) is 24.6. The summed E-state index contributed by atoms with van der Waals surface area (Å²) in [4.78, 5) is 55.8. The highest BCUT2D eigenvalue weighted by Crippen LogP contribution is 2.35. The fraction of sp³-hybridized carbons (Fsp3) is 0.600. The SMILES string of the molecule is CC(C)CC(NC(=O)c1ccc(N)cc1)C(=O)N1CCC2C1C(=O)CN2C(=O)C1(N)CCCC1. The summed E-state index contributed by atoms with van der Waals surface area (Å²) in [5.41, 5.74) is 12.2. The van der Waals surface area contributed by atoms with E-state index in [0.29, 0.717) is 43.5 Å². The molecule has 3 fully saturated rings. The normalized spacial score (nSPS) is 24.4. The van der Waals surface area contributed by atoms with Gasteiger partial charge in [0.15, 0.2) is 5.78 Å². The van der Waals surface area contributed by atoms with E-state index in [-0.39, 0.29) is 42.0 Å². The predicted molar refractivity (Wildman–Crippen MR) is 128 cm³/mol. The molecular formula is C25H35N5O4. The minimum absolute atomic E-state index is 0.0104. The van der Waals surface area contributed by atoms with Crippen LogP contribution in [-0.4, -0.2) is 70.1 Å². The van der Waals surface area contributed by atoms with Crippen LogP contribution in [0.1, 0.15) is 62.7 Å². The minimum Gasteiger partial charge on any atom is -0.399 e. The molecule has 0 spiro atoms. The Morgan fingerprint density at radius 3 is 2.38 bits per heavy atom. The maximum Gasteiger partial charge on any atom is 0.251 e. The molecule has 34 heavy (non-hydrogen) atoms. The van der Waals surface area contributed by atoms with E-state index in [1.807, 2.05) is 13.8 Å². The Balaban J connectivity index is 1.50. The molecule has 4 rings (SSSR count). The van der Waals surface area contributed by atoms with Crippen LogP contribution in [0, 0.1) is 5.92 Å². The van der Waals surface area contributed by atoms with E-state index in [9.17, 15) is 19.2 Å². The van der Waals surface area contributed by atoms with Gasteiger partial charge in [0.2, 0.25) is 11.8 Å². The quantitative estimate of drug-likeness (QED) is 0.533. The Morgan fingerprint density at radius 2 is 1.76 bits per heavy atom. The topological polar surface area (TPSA) is 139 Å². The van der Waals surface area contributed by atoms with Crippen LogP contribution in [0.15, 0.2) is 24.3 Å². The van der Waals surface area contributed by atoms with E-state index < -0.39 is 17.6 Å². The van der Waals surface area contributed by atoms with Crippen LogP contribution in [-0.2, 0) is 14.4 Å². The number of likely N-dealkylation sites (tertiary alicyclic amines) is 2. The molecular weight excluding hydrogens is 434 g/mol. The van der Waals surface area contributed by atoms with Gasteiger partial charge in [-0.3, -0.25) is 19.2 Å². The maximum atomic E-state index is 13.6. The van der Waals surface area contributed by atoms with Crippen LogP contribution in [0.3, 0.4) is 0 Å². The number of nitrogens with two attached hydrogens (primary N) is 2. The number of nitrogen functional groups attached to an aromatic ring is 1. The van der Waals surface area contributed by atoms with Crippen molar-refractivity contribution in [3.05, 3.63) is 29.8 Å². The standard InChI is InChI=1S/C25H35N5O4/c1-15(2)13-18(28-22(32)16-5-7-17(26)8-6-16)23(33)29-12-9-19-21(29)20(31)14-30(19)24(34)25(27)10-3-4-11-25/h5-8,15,18-19,21H,3-4,9-14,26-27H2,1-2H3,(H,28,32). The number of amides is 3. The van der Waals surface area contributed by atoms with Crippen molar-refractivity contribution in [1.29, 1.82) is 0 Å². The smallest absolute Gasteiger partial charge is 0.251 e. The van der Waals surface area contributed by atoms with Crippen molar-refractivity contribution < 1.29 is 19.2 Å². The number of benzene rings is 1. The highest BCUT2D eigenvalue weighted by molar-refractivity contribution is 6.01. The van der Waals surface area contributed by atoms with E-state index in [0.717, 1.165) is 12.8 Å². The number of carbonyl (C=O) groups excluding carboxylic acids is 4. The number of nitrogens with zero attached hydrogens (tertiary/aromatic N) is 2. The average molecular weight is 470 g/mol. The van der Waals surface area contributed by atoms with Gasteiger partial charge >= 0.3 is 0 Å². The second-order valence-electron chi connectivity index (χ2n) is 10.4. The first-order chi connectivity index (χ1) is 16.1. The third-order valence-electron chi connectivity index (χ3n) is 7.37. The van der Waals surface area contributed by atoms with E-state index in [1.54, 1.807) is 34.1 Å². The first-order valence-corrected chi connectivity index (χ1v) is 12.2. The predicted octanol–water partition coefficient (Wildman–Crippen LogP) is 1.07. The largest absolute Gasteiger partial charge is 0.399 e. The number of carbonyl (C=O) groups is 4. The van der Waals surface area contributed by atoms with Crippen molar-refractivity contribution in [2.75, 3.05) is 18.8 Å². The summed E-state index contributed by atoms with van der Waals surface area (Å²) < 4.78 is 0. The monoisotopic (exact) mass is 469 g/mol. The van der Waals surface area contributed by atoms with Crippen LogP contribution >= 0.6 is 0 Å². The van der Waals surface area contributed by atoms with Gasteiger partial charge in [-0.25, -0.2) is 0 Å². The maximum absolute atomic E-state index is 13.6. The highest BCUT2D eigenvalue weighted by atomic mass is 16.2. The molecule has 184 valence electrons. The molecule has 3 aliphatic rings. The molecule has 1 aromatic rings. The number of nitrogens with one attached hydrogen (secondary N) is 1. The van der Waals surface area contributed by atoms with Crippen molar-refractivity contribution in [2.45, 2.75) is 76.0 Å². The lowest BCUT2D eigenvalue weighted by molar-refractivity contribution is -0.138. The fourth-order valence-corrected chi connectivity index (χ4v) is 5.61. The Kier molecular flexibility index (Phi) is 6.66. The molecule has 0 radical (unpaired) electrons. The lowest BCUT2D eigenvalue weighted by Crippen LogP contribution is -2.56. The van der Waals surface area contributed by atoms with Crippen LogP contribution < -0.4 is 16.8 Å². The summed E-state index contributed by atoms with van der Waals surface area (Å²) >= 11 is 0. The van der Waals surface area contributed by atoms with Crippen molar-refractivity contribution in [2.24, 2.45) is 11.7 Å². The molecule has 2 heterocycles. The van der Waals surface area contributed by atoms with Crippen LogP contribution in [0.4, 0.5) is 5.69 Å². The summed E-state index contributed by atoms with van der Waals surface area (Å²) in [5.74, 6) is -0.808. The molecule has 2 aliphatic heterocycles. The van der Waals surface area contributed by atoms with Gasteiger partial charge in [0.1, 0.15) is 12.1 Å². The fourth-order valence-electron chi connectivity index (χ4n) is 5.61. The number of rotatable bonds is 6. The zero-order valence-corrected chi connectivity index (χ0v) is 20.0. The molecule has 1 aliphatic carbocycles. The second-order valence-corrected chi connectivity index (χ2v) is 10.4. The van der Waals surface area contributed by atoms with Gasteiger partial charge in [-0.05, 0) is 55.9 Å². The number of fused-ring (bicyclic) bond motifs is 1. The van der Waals surface area contributed by atoms with E-state index in [1.165, 1.54) is 0 Å². The highest BCUT2D eigenvalue weighted by Gasteiger charge is 2.55. The lowest BCUT2D eigenvalue weighted by atomic mass is 9.96. The molecule has 3 atom stereocenters. The third-order valence-corrected chi connectivity index (χ3v) is 7.37. The molecule has 9 heteroatoms. The summed E-state index contributed by atoms with van der Waals surface area (Å²) in [7, 11) is 0. The number of Topliss-reactive ketones (excluding diaryl/α,β-unsaturated/α-hetero) is 1. The van der Waals surface area contributed by atoms with Gasteiger partial charge in [-0.15, -0.1) is 0 Å². The van der Waals surface area contributed by atoms with E-state index in [4.69, 9.17) is 11.5 Å². The molecule has 1 saturated carbocycles. The van der Waals surface area contributed by atoms with Gasteiger partial charge in [0, 0.05) is 17.8 Å². The van der Waals surface area contributed by atoms with Crippen LogP contribution in [0.25, 0.3) is 0 Å². The number of anilines is 1. The molecule has 1 aromatic carbocycles. The Bertz CT molecular complexity index is 970. The van der Waals surface area contributed by atoms with Crippen molar-refractivity contribution >= 4 is 29.2 Å². The molecule has 2 saturated heterocycles. The van der Waals surface area contributed by atoms with E-state index in [2.05, 4.69) is 5.32 Å². The Morgan fingerprint density at radius 1 is 1.12 bits per heavy atom. The van der Waals surface area contributed by atoms with Crippen molar-refractivity contribution in [1.82, 2.24) is 15.1 Å². The summed E-state index contributed by atoms with van der Waals surface area (Å²) in [6.07, 6.45) is 4.05. The molecule has 0 aromatic heterocycles. The minimum atomic E-state index is -0.903. The first-order valence-electron chi connectivity index (χ1n) is 12.2. The van der Waals surface area contributed by atoms with Crippen molar-refractivity contribution in [3.63, 3.8) is 0 Å². The Hall–Kier alpha value is -2.94. The Labute approximate surface area is 200 Å². The summed E-state index contributed by atoms with van der Waals surface area (Å²) in [6.45, 7) is 4.31. The summed E-state index contributed by atoms with van der Waals surface area (Å²) in [6, 6.07) is 4.71. The lowest BCUT2D eigenvalue weighted by Gasteiger charge is -2.32. The third kappa shape index (κ3) is 4.53. The number of ketones is 1. The molecule has 9 nitrogen and oxygen atoms in total. The van der Waals surface area contributed by atoms with Crippen LogP contribution in [0.2, 0.25) is 0 Å². The summed E-state index contributed by atoms with van der Waals surface area (Å²) in [5, 5.41) is 2.86. The second kappa shape index (κ2) is 9.37. The molecule has 0 bridgehead atoms. The number of hydrogen-bond donors (Lipinski definition) is 3. The van der Waals surface area contributed by atoms with Gasteiger partial charge in [0.25, 0.3) is 5.91 Å². The zero-order valence-electron chi connectivity index (χ0n) is 20.0. The first kappa shape index (κ1) is 24.2. The van der Waals surface area contributed by atoms with Gasteiger partial charge in [-0.2, -0.15) is 0 Å². The van der Waals surface area contributed by atoms with Gasteiger partial charge in [-0.1, -0.05) is 26.7 Å². The van der Waals surface area contributed by atoms with Crippen LogP contribution in [0.5, 0.6) is 0 Å². The average Bonchev–Trinajstić information content (AvgIpc) is 3.50. The molecule has 3 amide bonds.